The summed E-state index contributed by atoms with van der Waals surface area (Å²) < 4.78 is 5.57. The summed E-state index contributed by atoms with van der Waals surface area (Å²) in [4.78, 5) is 31.7. The van der Waals surface area contributed by atoms with E-state index in [4.69, 9.17) is 4.74 Å². The van der Waals surface area contributed by atoms with Crippen molar-refractivity contribution in [3.05, 3.63) is 46.5 Å². The fourth-order valence-electron chi connectivity index (χ4n) is 2.68. The summed E-state index contributed by atoms with van der Waals surface area (Å²) in [6.07, 6.45) is -0.778. The molecule has 6 nitrogen and oxygen atoms in total. The van der Waals surface area contributed by atoms with E-state index < -0.39 is 12.1 Å². The molecule has 1 aliphatic heterocycles. The van der Waals surface area contributed by atoms with E-state index in [0.29, 0.717) is 5.13 Å². The van der Waals surface area contributed by atoms with Gasteiger partial charge in [0.1, 0.15) is 6.61 Å². The first kappa shape index (κ1) is 16.6. The van der Waals surface area contributed by atoms with Crippen LogP contribution in [0.3, 0.4) is 0 Å². The molecule has 0 aliphatic carbocycles. The highest BCUT2D eigenvalue weighted by Crippen LogP contribution is 2.30. The molecule has 24 heavy (non-hydrogen) atoms. The zero-order chi connectivity index (χ0) is 17.3. The second-order valence-corrected chi connectivity index (χ2v) is 6.94. The molecule has 2 amide bonds. The van der Waals surface area contributed by atoms with Crippen molar-refractivity contribution in [1.29, 1.82) is 0 Å². The van der Waals surface area contributed by atoms with Gasteiger partial charge < -0.3 is 9.64 Å². The zero-order valence-corrected chi connectivity index (χ0v) is 14.6. The molecule has 2 aromatic rings. The van der Waals surface area contributed by atoms with Crippen molar-refractivity contribution in [1.82, 2.24) is 9.88 Å². The quantitative estimate of drug-likeness (QED) is 0.926. The lowest BCUT2D eigenvalue weighted by Gasteiger charge is -2.38. The van der Waals surface area contributed by atoms with Crippen LogP contribution in [0.1, 0.15) is 22.2 Å². The van der Waals surface area contributed by atoms with Crippen LogP contribution < -0.4 is 5.32 Å². The minimum atomic E-state index is -0.778. The van der Waals surface area contributed by atoms with Crippen LogP contribution in [0.5, 0.6) is 0 Å². The number of hydrogen-bond donors (Lipinski definition) is 1. The summed E-state index contributed by atoms with van der Waals surface area (Å²) in [6, 6.07) is 8.97. The number of aromatic nitrogens is 1. The predicted octanol–water partition coefficient (Wildman–Crippen LogP) is 2.30. The SMILES string of the molecule is Cc1nc(NC(=O)[C@H]2OCC(=O)N(C)[C@@H]2c2ccccc2)sc1C. The van der Waals surface area contributed by atoms with Crippen molar-refractivity contribution in [2.75, 3.05) is 19.0 Å². The highest BCUT2D eigenvalue weighted by atomic mass is 32.1. The molecule has 1 aromatic carbocycles. The number of morpholine rings is 1. The van der Waals surface area contributed by atoms with Crippen LogP contribution in [-0.4, -0.2) is 41.5 Å². The zero-order valence-electron chi connectivity index (χ0n) is 13.8. The minimum absolute atomic E-state index is 0.103. The van der Waals surface area contributed by atoms with E-state index in [9.17, 15) is 9.59 Å². The third kappa shape index (κ3) is 3.18. The molecule has 3 rings (SSSR count). The topological polar surface area (TPSA) is 71.5 Å². The van der Waals surface area contributed by atoms with Crippen LogP contribution in [-0.2, 0) is 14.3 Å². The van der Waals surface area contributed by atoms with E-state index >= 15 is 0 Å². The van der Waals surface area contributed by atoms with Gasteiger partial charge in [0.2, 0.25) is 5.91 Å². The first-order valence-corrected chi connectivity index (χ1v) is 8.46. The van der Waals surface area contributed by atoms with E-state index in [2.05, 4.69) is 10.3 Å². The Labute approximate surface area is 144 Å². The molecule has 2 atom stereocenters. The molecule has 7 heteroatoms. The van der Waals surface area contributed by atoms with Gasteiger partial charge in [0.05, 0.1) is 11.7 Å². The van der Waals surface area contributed by atoms with Crippen molar-refractivity contribution in [3.63, 3.8) is 0 Å². The summed E-state index contributed by atoms with van der Waals surface area (Å²) in [6.45, 7) is 3.75. The second kappa shape index (κ2) is 6.70. The molecule has 0 saturated carbocycles. The Morgan fingerprint density at radius 2 is 2.04 bits per heavy atom. The maximum Gasteiger partial charge on any atom is 0.257 e. The number of nitrogens with one attached hydrogen (secondary N) is 1. The third-order valence-electron chi connectivity index (χ3n) is 4.14. The normalized spacial score (nSPS) is 21.0. The lowest BCUT2D eigenvalue weighted by Crippen LogP contribution is -2.51. The van der Waals surface area contributed by atoms with Crippen LogP contribution in [0.25, 0.3) is 0 Å². The molecule has 1 aromatic heterocycles. The average Bonchev–Trinajstić information content (AvgIpc) is 2.88. The van der Waals surface area contributed by atoms with Crippen molar-refractivity contribution in [2.45, 2.75) is 26.0 Å². The van der Waals surface area contributed by atoms with E-state index in [0.717, 1.165) is 16.1 Å². The minimum Gasteiger partial charge on any atom is -0.356 e. The monoisotopic (exact) mass is 345 g/mol. The second-order valence-electron chi connectivity index (χ2n) is 5.74. The van der Waals surface area contributed by atoms with E-state index in [-0.39, 0.29) is 18.4 Å². The van der Waals surface area contributed by atoms with Gasteiger partial charge >= 0.3 is 0 Å². The van der Waals surface area contributed by atoms with Crippen molar-refractivity contribution in [2.24, 2.45) is 0 Å². The molecule has 0 bridgehead atoms. The number of benzene rings is 1. The van der Waals surface area contributed by atoms with E-state index in [1.54, 1.807) is 11.9 Å². The standard InChI is InChI=1S/C17H19N3O3S/c1-10-11(2)24-17(18-10)19-16(22)15-14(12-7-5-4-6-8-12)20(3)13(21)9-23-15/h4-8,14-15H,9H2,1-3H3,(H,18,19,22)/t14-,15+/m1/s1. The highest BCUT2D eigenvalue weighted by molar-refractivity contribution is 7.15. The van der Waals surface area contributed by atoms with Crippen LogP contribution >= 0.6 is 11.3 Å². The summed E-state index contributed by atoms with van der Waals surface area (Å²) in [5.74, 6) is -0.439. The van der Waals surface area contributed by atoms with Crippen molar-refractivity contribution >= 4 is 28.3 Å². The van der Waals surface area contributed by atoms with Gasteiger partial charge in [-0.1, -0.05) is 30.3 Å². The molecule has 1 aliphatic rings. The number of likely N-dealkylation sites (N-methyl/N-ethyl adjacent to an activating group) is 1. The Morgan fingerprint density at radius 3 is 2.67 bits per heavy atom. The molecular formula is C17H19N3O3S. The fraction of sp³-hybridized carbons (Fsp3) is 0.353. The van der Waals surface area contributed by atoms with Gasteiger partial charge in [-0.3, -0.25) is 14.9 Å². The van der Waals surface area contributed by atoms with Gasteiger partial charge in [0.15, 0.2) is 11.2 Å². The summed E-state index contributed by atoms with van der Waals surface area (Å²) in [7, 11) is 1.69. The predicted molar refractivity (Wildman–Crippen MR) is 91.9 cm³/mol. The van der Waals surface area contributed by atoms with E-state index in [1.165, 1.54) is 11.3 Å². The molecule has 0 unspecified atom stereocenters. The Morgan fingerprint density at radius 1 is 1.33 bits per heavy atom. The number of aryl methyl sites for hydroxylation is 2. The fourth-order valence-corrected chi connectivity index (χ4v) is 3.50. The largest absolute Gasteiger partial charge is 0.356 e. The lowest BCUT2D eigenvalue weighted by atomic mass is 9.98. The molecular weight excluding hydrogens is 326 g/mol. The number of thiazole rings is 1. The number of anilines is 1. The summed E-state index contributed by atoms with van der Waals surface area (Å²) in [5, 5.41) is 3.36. The molecule has 1 saturated heterocycles. The molecule has 0 spiro atoms. The van der Waals surface area contributed by atoms with Crippen LogP contribution in [0.15, 0.2) is 30.3 Å². The van der Waals surface area contributed by atoms with Gasteiger partial charge in [0.25, 0.3) is 5.91 Å². The molecule has 1 N–H and O–H groups in total. The lowest BCUT2D eigenvalue weighted by molar-refractivity contribution is -0.160. The maximum atomic E-state index is 12.7. The number of carbonyl (C=O) groups excluding carboxylic acids is 2. The van der Waals surface area contributed by atoms with Gasteiger partial charge in [0, 0.05) is 11.9 Å². The number of ether oxygens (including phenoxy) is 1. The summed E-state index contributed by atoms with van der Waals surface area (Å²) in [5.41, 5.74) is 1.76. The Bertz CT molecular complexity index is 740. The number of hydrogen-bond acceptors (Lipinski definition) is 5. The number of rotatable bonds is 3. The number of amides is 2. The van der Waals surface area contributed by atoms with Crippen LogP contribution in [0.2, 0.25) is 0 Å². The Kier molecular flexibility index (Phi) is 4.64. The van der Waals surface area contributed by atoms with Crippen LogP contribution in [0.4, 0.5) is 5.13 Å². The van der Waals surface area contributed by atoms with Crippen LogP contribution in [0, 0.1) is 13.8 Å². The van der Waals surface area contributed by atoms with Gasteiger partial charge in [-0.15, -0.1) is 11.3 Å². The average molecular weight is 345 g/mol. The first-order valence-electron chi connectivity index (χ1n) is 7.64. The van der Waals surface area contributed by atoms with Gasteiger partial charge in [-0.2, -0.15) is 0 Å². The smallest absolute Gasteiger partial charge is 0.257 e. The van der Waals surface area contributed by atoms with E-state index in [1.807, 2.05) is 44.2 Å². The molecule has 1 fully saturated rings. The summed E-state index contributed by atoms with van der Waals surface area (Å²) >= 11 is 1.43. The third-order valence-corrected chi connectivity index (χ3v) is 5.13. The van der Waals surface area contributed by atoms with Crippen molar-refractivity contribution in [3.8, 4) is 0 Å². The molecule has 2 heterocycles. The van der Waals surface area contributed by atoms with Gasteiger partial charge in [-0.25, -0.2) is 4.98 Å². The Balaban J connectivity index is 1.86. The maximum absolute atomic E-state index is 12.7. The number of carbonyl (C=O) groups is 2. The van der Waals surface area contributed by atoms with Crippen molar-refractivity contribution < 1.29 is 14.3 Å². The highest BCUT2D eigenvalue weighted by Gasteiger charge is 2.40. The first-order chi connectivity index (χ1) is 11.5. The number of nitrogens with zero attached hydrogens (tertiary/aromatic N) is 2. The van der Waals surface area contributed by atoms with Gasteiger partial charge in [-0.05, 0) is 19.4 Å². The Hall–Kier alpha value is -2.25. The molecule has 126 valence electrons. The molecule has 0 radical (unpaired) electrons.